The molecule has 0 spiro atoms. The van der Waals surface area contributed by atoms with Crippen LogP contribution in [0, 0.1) is 13.8 Å². The van der Waals surface area contributed by atoms with Gasteiger partial charge in [0.15, 0.2) is 0 Å². The van der Waals surface area contributed by atoms with E-state index >= 15 is 0 Å². The number of aromatic nitrogens is 1. The predicted octanol–water partition coefficient (Wildman–Crippen LogP) is 2.58. The largest absolute Gasteiger partial charge is 0.398 e. The van der Waals surface area contributed by atoms with Crippen LogP contribution in [0.1, 0.15) is 16.8 Å². The van der Waals surface area contributed by atoms with E-state index in [1.165, 1.54) is 0 Å². The third-order valence-electron chi connectivity index (χ3n) is 2.75. The van der Waals surface area contributed by atoms with E-state index in [9.17, 15) is 0 Å². The van der Waals surface area contributed by atoms with E-state index in [1.54, 1.807) is 7.11 Å². The second-order valence-electron chi connectivity index (χ2n) is 4.06. The third kappa shape index (κ3) is 1.74. The smallest absolute Gasteiger partial charge is 0.0885 e. The Morgan fingerprint density at radius 3 is 2.62 bits per heavy atom. The van der Waals surface area contributed by atoms with Gasteiger partial charge in [-0.1, -0.05) is 12.1 Å². The fourth-order valence-electron chi connectivity index (χ4n) is 1.95. The lowest BCUT2D eigenvalue weighted by Gasteiger charge is -2.10. The molecule has 2 N–H and O–H groups in total. The maximum atomic E-state index is 6.06. The van der Waals surface area contributed by atoms with Gasteiger partial charge < -0.3 is 10.5 Å². The molecule has 0 atom stereocenters. The number of nitrogen functional groups attached to an aromatic ring is 1. The molecule has 3 nitrogen and oxygen atoms in total. The topological polar surface area (TPSA) is 48.1 Å². The number of ether oxygens (including phenoxy) is 1. The van der Waals surface area contributed by atoms with Gasteiger partial charge >= 0.3 is 0 Å². The molecule has 1 aromatic heterocycles. The van der Waals surface area contributed by atoms with Gasteiger partial charge in [0, 0.05) is 18.2 Å². The number of nitrogens with zero attached hydrogens (tertiary/aromatic N) is 1. The minimum atomic E-state index is 0.494. The average molecular weight is 216 g/mol. The molecule has 2 aromatic rings. The lowest BCUT2D eigenvalue weighted by Crippen LogP contribution is -1.99. The van der Waals surface area contributed by atoms with Crippen molar-refractivity contribution < 1.29 is 4.74 Å². The number of pyridine rings is 1. The number of nitrogens with two attached hydrogens (primary N) is 1. The lowest BCUT2D eigenvalue weighted by atomic mass is 10.0. The first-order valence-corrected chi connectivity index (χ1v) is 5.27. The minimum Gasteiger partial charge on any atom is -0.398 e. The first-order chi connectivity index (χ1) is 7.63. The van der Waals surface area contributed by atoms with Crippen molar-refractivity contribution in [1.82, 2.24) is 4.98 Å². The fourth-order valence-corrected chi connectivity index (χ4v) is 1.95. The zero-order valence-corrected chi connectivity index (χ0v) is 9.87. The van der Waals surface area contributed by atoms with Crippen LogP contribution in [-0.2, 0) is 11.3 Å². The van der Waals surface area contributed by atoms with Crippen LogP contribution in [0.5, 0.6) is 0 Å². The zero-order chi connectivity index (χ0) is 11.7. The van der Waals surface area contributed by atoms with Crippen molar-refractivity contribution in [2.75, 3.05) is 12.8 Å². The number of hydrogen-bond acceptors (Lipinski definition) is 3. The maximum absolute atomic E-state index is 6.06. The van der Waals surface area contributed by atoms with Crippen LogP contribution in [0.2, 0.25) is 0 Å². The summed E-state index contributed by atoms with van der Waals surface area (Å²) in [4.78, 5) is 4.58. The Bertz CT molecular complexity index is 535. The van der Waals surface area contributed by atoms with Gasteiger partial charge in [0.2, 0.25) is 0 Å². The molecule has 1 heterocycles. The second kappa shape index (κ2) is 4.10. The molecule has 0 aliphatic heterocycles. The van der Waals surface area contributed by atoms with Gasteiger partial charge in [0.05, 0.1) is 17.8 Å². The zero-order valence-electron chi connectivity index (χ0n) is 9.87. The summed E-state index contributed by atoms with van der Waals surface area (Å²) >= 11 is 0. The predicted molar refractivity (Wildman–Crippen MR) is 66.3 cm³/mol. The fraction of sp³-hybridized carbons (Fsp3) is 0.308. The van der Waals surface area contributed by atoms with Crippen LogP contribution >= 0.6 is 0 Å². The highest BCUT2D eigenvalue weighted by Gasteiger charge is 2.07. The van der Waals surface area contributed by atoms with Gasteiger partial charge in [0.25, 0.3) is 0 Å². The number of hydrogen-bond donors (Lipinski definition) is 1. The molecule has 0 bridgehead atoms. The summed E-state index contributed by atoms with van der Waals surface area (Å²) < 4.78 is 5.08. The highest BCUT2D eigenvalue weighted by Crippen LogP contribution is 2.26. The third-order valence-corrected chi connectivity index (χ3v) is 2.75. The van der Waals surface area contributed by atoms with E-state index < -0.39 is 0 Å². The second-order valence-corrected chi connectivity index (χ2v) is 4.06. The first-order valence-electron chi connectivity index (χ1n) is 5.27. The summed E-state index contributed by atoms with van der Waals surface area (Å²) in [5.74, 6) is 0. The molecule has 84 valence electrons. The van der Waals surface area contributed by atoms with Crippen molar-refractivity contribution in [3.63, 3.8) is 0 Å². The molecule has 3 heteroatoms. The first kappa shape index (κ1) is 10.9. The van der Waals surface area contributed by atoms with E-state index in [0.29, 0.717) is 6.61 Å². The lowest BCUT2D eigenvalue weighted by molar-refractivity contribution is 0.182. The SMILES string of the molecule is COCc1cc(N)c2c(C)ccc(C)c2n1. The molecule has 16 heavy (non-hydrogen) atoms. The molecule has 0 radical (unpaired) electrons. The Morgan fingerprint density at radius 2 is 1.94 bits per heavy atom. The maximum Gasteiger partial charge on any atom is 0.0885 e. The van der Waals surface area contributed by atoms with Crippen LogP contribution in [0.15, 0.2) is 18.2 Å². The Hall–Kier alpha value is -1.61. The average Bonchev–Trinajstić information content (AvgIpc) is 2.23. The molecule has 0 saturated heterocycles. The Morgan fingerprint density at radius 1 is 1.25 bits per heavy atom. The van der Waals surface area contributed by atoms with Gasteiger partial charge in [-0.15, -0.1) is 0 Å². The van der Waals surface area contributed by atoms with Crippen molar-refractivity contribution in [3.05, 3.63) is 35.0 Å². The van der Waals surface area contributed by atoms with Crippen molar-refractivity contribution in [2.24, 2.45) is 0 Å². The van der Waals surface area contributed by atoms with Gasteiger partial charge in [0.1, 0.15) is 0 Å². The summed E-state index contributed by atoms with van der Waals surface area (Å²) in [5, 5.41) is 1.06. The molecule has 0 amide bonds. The summed E-state index contributed by atoms with van der Waals surface area (Å²) in [5.41, 5.74) is 11.0. The van der Waals surface area contributed by atoms with E-state index in [2.05, 4.69) is 24.0 Å². The van der Waals surface area contributed by atoms with Crippen molar-refractivity contribution in [2.45, 2.75) is 20.5 Å². The van der Waals surface area contributed by atoms with Crippen LogP contribution in [-0.4, -0.2) is 12.1 Å². The highest BCUT2D eigenvalue weighted by molar-refractivity contribution is 5.94. The molecule has 1 aromatic carbocycles. The van der Waals surface area contributed by atoms with Crippen LogP contribution in [0.25, 0.3) is 10.9 Å². The Kier molecular flexibility index (Phi) is 2.79. The van der Waals surface area contributed by atoms with Crippen molar-refractivity contribution in [3.8, 4) is 0 Å². The van der Waals surface area contributed by atoms with Gasteiger partial charge in [-0.3, -0.25) is 0 Å². The van der Waals surface area contributed by atoms with E-state index in [-0.39, 0.29) is 0 Å². The number of aryl methyl sites for hydroxylation is 2. The molecule has 0 aliphatic rings. The normalized spacial score (nSPS) is 10.9. The Balaban J connectivity index is 2.76. The molecule has 0 saturated carbocycles. The molecule has 2 rings (SSSR count). The summed E-state index contributed by atoms with van der Waals surface area (Å²) in [7, 11) is 1.66. The minimum absolute atomic E-state index is 0.494. The number of methoxy groups -OCH3 is 1. The van der Waals surface area contributed by atoms with Gasteiger partial charge in [-0.05, 0) is 31.0 Å². The molecule has 0 aliphatic carbocycles. The summed E-state index contributed by atoms with van der Waals surface area (Å²) in [6.45, 7) is 4.59. The van der Waals surface area contributed by atoms with E-state index in [0.717, 1.165) is 33.4 Å². The number of benzene rings is 1. The number of fused-ring (bicyclic) bond motifs is 1. The number of anilines is 1. The van der Waals surface area contributed by atoms with Crippen molar-refractivity contribution >= 4 is 16.6 Å². The molecule has 0 unspecified atom stereocenters. The summed E-state index contributed by atoms with van der Waals surface area (Å²) in [6, 6.07) is 6.03. The molecular weight excluding hydrogens is 200 g/mol. The van der Waals surface area contributed by atoms with Crippen LogP contribution < -0.4 is 5.73 Å². The molecule has 0 fully saturated rings. The van der Waals surface area contributed by atoms with E-state index in [1.807, 2.05) is 13.0 Å². The van der Waals surface area contributed by atoms with Gasteiger partial charge in [-0.2, -0.15) is 0 Å². The van der Waals surface area contributed by atoms with Crippen molar-refractivity contribution in [1.29, 1.82) is 0 Å². The standard InChI is InChI=1S/C13H16N2O/c1-8-4-5-9(2)13-12(8)11(14)6-10(15-13)7-16-3/h4-6H,7H2,1-3H3,(H2,14,15). The Labute approximate surface area is 95.2 Å². The quantitative estimate of drug-likeness (QED) is 0.839. The van der Waals surface area contributed by atoms with Crippen LogP contribution in [0.3, 0.4) is 0 Å². The van der Waals surface area contributed by atoms with E-state index in [4.69, 9.17) is 10.5 Å². The summed E-state index contributed by atoms with van der Waals surface area (Å²) in [6.07, 6.45) is 0. The monoisotopic (exact) mass is 216 g/mol. The van der Waals surface area contributed by atoms with Gasteiger partial charge in [-0.25, -0.2) is 4.98 Å². The van der Waals surface area contributed by atoms with Crippen LogP contribution in [0.4, 0.5) is 5.69 Å². The highest BCUT2D eigenvalue weighted by atomic mass is 16.5. The molecular formula is C13H16N2O. The number of rotatable bonds is 2.